The molecule has 1 aliphatic rings. The molecule has 0 atom stereocenters. The number of hydrogen-bond donors (Lipinski definition) is 3. The zero-order valence-electron chi connectivity index (χ0n) is 16.9. The number of nitrogens with one attached hydrogen (secondary N) is 3. The molecule has 10 nitrogen and oxygen atoms in total. The molecule has 3 N–H and O–H groups in total. The topological polar surface area (TPSA) is 124 Å². The summed E-state index contributed by atoms with van der Waals surface area (Å²) in [7, 11) is 1.57. The third-order valence-electron chi connectivity index (χ3n) is 4.23. The lowest BCUT2D eigenvalue weighted by Crippen LogP contribution is -2.24. The molecule has 0 aliphatic carbocycles. The van der Waals surface area contributed by atoms with E-state index in [2.05, 4.69) is 26.1 Å². The average Bonchev–Trinajstić information content (AvgIpc) is 3.45. The van der Waals surface area contributed by atoms with Crippen molar-refractivity contribution in [3.8, 4) is 17.2 Å². The Kier molecular flexibility index (Phi) is 6.92. The standard InChI is InChI=1S/C20H19N5O5S2/c1-28-14-5-3-13(4-6-14)22-18(27)23-19-24-25-20(32-19)31-10-17(26)21-9-12-2-7-15-16(8-12)30-11-29-15/h2-8H,9-11H2,1H3,(H,21,26)(H2,22,23,24,27). The fraction of sp³-hybridized carbons (Fsp3) is 0.200. The van der Waals surface area contributed by atoms with Crippen LogP contribution >= 0.6 is 23.1 Å². The van der Waals surface area contributed by atoms with Crippen LogP contribution in [0.25, 0.3) is 0 Å². The fourth-order valence-corrected chi connectivity index (χ4v) is 4.26. The molecule has 0 unspecified atom stereocenters. The first kappa shape index (κ1) is 21.7. The molecule has 0 saturated heterocycles. The third kappa shape index (κ3) is 5.80. The normalized spacial score (nSPS) is 11.7. The van der Waals surface area contributed by atoms with Crippen molar-refractivity contribution in [3.05, 3.63) is 48.0 Å². The number of fused-ring (bicyclic) bond motifs is 1. The lowest BCUT2D eigenvalue weighted by Gasteiger charge is -2.06. The minimum atomic E-state index is -0.440. The number of urea groups is 1. The van der Waals surface area contributed by atoms with E-state index in [9.17, 15) is 9.59 Å². The minimum Gasteiger partial charge on any atom is -0.497 e. The number of carbonyl (C=O) groups is 2. The molecule has 0 fully saturated rings. The van der Waals surface area contributed by atoms with E-state index in [0.29, 0.717) is 39.0 Å². The second-order valence-corrected chi connectivity index (χ2v) is 8.63. The number of hydrogen-bond acceptors (Lipinski definition) is 9. The Morgan fingerprint density at radius 3 is 2.72 bits per heavy atom. The van der Waals surface area contributed by atoms with E-state index in [1.165, 1.54) is 23.1 Å². The van der Waals surface area contributed by atoms with Gasteiger partial charge in [-0.25, -0.2) is 4.79 Å². The molecular formula is C20H19N5O5S2. The van der Waals surface area contributed by atoms with Crippen molar-refractivity contribution in [2.75, 3.05) is 30.3 Å². The molecular weight excluding hydrogens is 454 g/mol. The number of carbonyl (C=O) groups excluding carboxylic acids is 2. The second kappa shape index (κ2) is 10.2. The predicted octanol–water partition coefficient (Wildman–Crippen LogP) is 3.33. The Morgan fingerprint density at radius 2 is 1.91 bits per heavy atom. The summed E-state index contributed by atoms with van der Waals surface area (Å²) in [5.74, 6) is 2.11. The smallest absolute Gasteiger partial charge is 0.325 e. The number of thioether (sulfide) groups is 1. The zero-order valence-corrected chi connectivity index (χ0v) is 18.5. The van der Waals surface area contributed by atoms with Crippen LogP contribution in [0.15, 0.2) is 46.8 Å². The monoisotopic (exact) mass is 473 g/mol. The Balaban J connectivity index is 1.19. The first-order valence-electron chi connectivity index (χ1n) is 9.42. The maximum Gasteiger partial charge on any atom is 0.325 e. The summed E-state index contributed by atoms with van der Waals surface area (Å²) < 4.78 is 16.3. The lowest BCUT2D eigenvalue weighted by molar-refractivity contribution is -0.118. The van der Waals surface area contributed by atoms with Crippen molar-refractivity contribution >= 4 is 45.9 Å². The van der Waals surface area contributed by atoms with Crippen LogP contribution in [0.3, 0.4) is 0 Å². The van der Waals surface area contributed by atoms with Gasteiger partial charge in [0.05, 0.1) is 12.9 Å². The van der Waals surface area contributed by atoms with Crippen LogP contribution in [0.5, 0.6) is 17.2 Å². The van der Waals surface area contributed by atoms with E-state index in [1.54, 1.807) is 31.4 Å². The molecule has 0 spiro atoms. The molecule has 166 valence electrons. The van der Waals surface area contributed by atoms with Gasteiger partial charge in [0.2, 0.25) is 17.8 Å². The van der Waals surface area contributed by atoms with E-state index in [0.717, 1.165) is 5.56 Å². The fourth-order valence-electron chi connectivity index (χ4n) is 2.68. The van der Waals surface area contributed by atoms with Gasteiger partial charge in [-0.05, 0) is 42.0 Å². The average molecular weight is 474 g/mol. The second-order valence-electron chi connectivity index (χ2n) is 6.43. The Labute approximate surface area is 191 Å². The van der Waals surface area contributed by atoms with Crippen molar-refractivity contribution in [1.82, 2.24) is 15.5 Å². The number of nitrogens with zero attached hydrogens (tertiary/aromatic N) is 2. The van der Waals surface area contributed by atoms with E-state index >= 15 is 0 Å². The number of methoxy groups -OCH3 is 1. The van der Waals surface area contributed by atoms with Crippen molar-refractivity contribution in [2.45, 2.75) is 10.9 Å². The highest BCUT2D eigenvalue weighted by Crippen LogP contribution is 2.32. The van der Waals surface area contributed by atoms with Gasteiger partial charge < -0.3 is 24.8 Å². The summed E-state index contributed by atoms with van der Waals surface area (Å²) in [5, 5.41) is 16.4. The predicted molar refractivity (Wildman–Crippen MR) is 121 cm³/mol. The lowest BCUT2D eigenvalue weighted by atomic mass is 10.2. The van der Waals surface area contributed by atoms with Gasteiger partial charge in [0.25, 0.3) is 0 Å². The van der Waals surface area contributed by atoms with Gasteiger partial charge in [-0.15, -0.1) is 10.2 Å². The van der Waals surface area contributed by atoms with Crippen LogP contribution < -0.4 is 30.2 Å². The number of aromatic nitrogens is 2. The molecule has 0 radical (unpaired) electrons. The van der Waals surface area contributed by atoms with Gasteiger partial charge in [-0.2, -0.15) is 0 Å². The maximum absolute atomic E-state index is 12.1. The molecule has 3 aromatic rings. The van der Waals surface area contributed by atoms with Gasteiger partial charge in [0.1, 0.15) is 5.75 Å². The number of anilines is 2. The summed E-state index contributed by atoms with van der Waals surface area (Å²) >= 11 is 2.43. The summed E-state index contributed by atoms with van der Waals surface area (Å²) in [4.78, 5) is 24.2. The first-order chi connectivity index (χ1) is 15.6. The van der Waals surface area contributed by atoms with Crippen LogP contribution in [0.2, 0.25) is 0 Å². The highest BCUT2D eigenvalue weighted by atomic mass is 32.2. The van der Waals surface area contributed by atoms with Crippen molar-refractivity contribution in [2.24, 2.45) is 0 Å². The van der Waals surface area contributed by atoms with Crippen molar-refractivity contribution in [3.63, 3.8) is 0 Å². The molecule has 1 aromatic heterocycles. The number of rotatable bonds is 8. The molecule has 2 aromatic carbocycles. The quantitative estimate of drug-likeness (QED) is 0.336. The maximum atomic E-state index is 12.1. The Bertz CT molecular complexity index is 1110. The molecule has 0 saturated carbocycles. The Hall–Kier alpha value is -3.51. The molecule has 2 heterocycles. The van der Waals surface area contributed by atoms with Gasteiger partial charge >= 0.3 is 6.03 Å². The van der Waals surface area contributed by atoms with Crippen LogP contribution in [0, 0.1) is 0 Å². The number of benzene rings is 2. The van der Waals surface area contributed by atoms with Crippen LogP contribution in [-0.2, 0) is 11.3 Å². The molecule has 3 amide bonds. The summed E-state index contributed by atoms with van der Waals surface area (Å²) in [6, 6.07) is 12.0. The van der Waals surface area contributed by atoms with Crippen LogP contribution in [-0.4, -0.2) is 41.8 Å². The third-order valence-corrected chi connectivity index (χ3v) is 6.20. The molecule has 0 bridgehead atoms. The highest BCUT2D eigenvalue weighted by Gasteiger charge is 2.14. The minimum absolute atomic E-state index is 0.144. The van der Waals surface area contributed by atoms with Crippen molar-refractivity contribution < 1.29 is 23.8 Å². The molecule has 4 rings (SSSR count). The van der Waals surface area contributed by atoms with Crippen molar-refractivity contribution in [1.29, 1.82) is 0 Å². The van der Waals surface area contributed by atoms with Crippen LogP contribution in [0.4, 0.5) is 15.6 Å². The van der Waals surface area contributed by atoms with E-state index in [-0.39, 0.29) is 18.5 Å². The SMILES string of the molecule is COc1ccc(NC(=O)Nc2nnc(SCC(=O)NCc3ccc4c(c3)OCO4)s2)cc1. The van der Waals surface area contributed by atoms with E-state index < -0.39 is 6.03 Å². The van der Waals surface area contributed by atoms with Gasteiger partial charge in [-0.3, -0.25) is 10.1 Å². The summed E-state index contributed by atoms with van der Waals surface area (Å²) in [6.45, 7) is 0.591. The Morgan fingerprint density at radius 1 is 1.09 bits per heavy atom. The van der Waals surface area contributed by atoms with E-state index in [1.807, 2.05) is 18.2 Å². The molecule has 1 aliphatic heterocycles. The molecule has 12 heteroatoms. The molecule has 32 heavy (non-hydrogen) atoms. The largest absolute Gasteiger partial charge is 0.497 e. The summed E-state index contributed by atoms with van der Waals surface area (Å²) in [5.41, 5.74) is 1.53. The van der Waals surface area contributed by atoms with Crippen LogP contribution in [0.1, 0.15) is 5.56 Å². The van der Waals surface area contributed by atoms with Gasteiger partial charge in [0.15, 0.2) is 15.8 Å². The van der Waals surface area contributed by atoms with Gasteiger partial charge in [-0.1, -0.05) is 29.2 Å². The summed E-state index contributed by atoms with van der Waals surface area (Å²) in [6.07, 6.45) is 0. The number of amides is 3. The zero-order chi connectivity index (χ0) is 22.3. The number of ether oxygens (including phenoxy) is 3. The highest BCUT2D eigenvalue weighted by molar-refractivity contribution is 8.01. The van der Waals surface area contributed by atoms with Gasteiger partial charge in [0, 0.05) is 12.2 Å². The first-order valence-corrected chi connectivity index (χ1v) is 11.2. The van der Waals surface area contributed by atoms with E-state index in [4.69, 9.17) is 14.2 Å².